The van der Waals surface area contributed by atoms with Gasteiger partial charge in [-0.05, 0) is 30.3 Å². The van der Waals surface area contributed by atoms with Gasteiger partial charge in [0.2, 0.25) is 0 Å². The van der Waals surface area contributed by atoms with E-state index in [2.05, 4.69) is 4.98 Å². The number of ether oxygens (including phenoxy) is 1. The molecule has 2 aromatic rings. The second-order valence-corrected chi connectivity index (χ2v) is 3.36. The number of aromatic nitrogens is 1. The van der Waals surface area contributed by atoms with Gasteiger partial charge in [-0.25, -0.2) is 4.39 Å². The van der Waals surface area contributed by atoms with E-state index in [4.69, 9.17) is 10.00 Å². The van der Waals surface area contributed by atoms with Gasteiger partial charge in [-0.15, -0.1) is 0 Å². The van der Waals surface area contributed by atoms with Crippen LogP contribution in [0.2, 0.25) is 0 Å². The van der Waals surface area contributed by atoms with Crippen LogP contribution in [0.25, 0.3) is 11.3 Å². The van der Waals surface area contributed by atoms with Gasteiger partial charge in [0.05, 0.1) is 18.4 Å². The van der Waals surface area contributed by atoms with Gasteiger partial charge in [0.1, 0.15) is 17.6 Å². The summed E-state index contributed by atoms with van der Waals surface area (Å²) in [4.78, 5) is 4.10. The summed E-state index contributed by atoms with van der Waals surface area (Å²) in [6.07, 6.45) is 1.56. The second-order valence-electron chi connectivity index (χ2n) is 3.36. The monoisotopic (exact) mass is 228 g/mol. The molecular formula is C13H9FN2O. The van der Waals surface area contributed by atoms with Crippen molar-refractivity contribution in [1.82, 2.24) is 4.98 Å². The van der Waals surface area contributed by atoms with E-state index >= 15 is 0 Å². The summed E-state index contributed by atoms with van der Waals surface area (Å²) in [5.74, 6) is 0.0944. The molecule has 0 radical (unpaired) electrons. The first-order valence-electron chi connectivity index (χ1n) is 4.95. The highest BCUT2D eigenvalue weighted by atomic mass is 19.1. The van der Waals surface area contributed by atoms with Gasteiger partial charge in [0.15, 0.2) is 0 Å². The van der Waals surface area contributed by atoms with E-state index in [-0.39, 0.29) is 0 Å². The van der Waals surface area contributed by atoms with Gasteiger partial charge in [0.25, 0.3) is 0 Å². The molecule has 84 valence electrons. The third-order valence-electron chi connectivity index (χ3n) is 2.34. The Balaban J connectivity index is 2.68. The standard InChI is InChI=1S/C13H9FN2O/c1-17-12-5-4-10(14)7-11(12)13-9(8-15)3-2-6-16-13/h2-7H,1H3. The van der Waals surface area contributed by atoms with Gasteiger partial charge in [-0.3, -0.25) is 4.98 Å². The normalized spacial score (nSPS) is 9.71. The number of benzene rings is 1. The van der Waals surface area contributed by atoms with Crippen molar-refractivity contribution >= 4 is 0 Å². The highest BCUT2D eigenvalue weighted by molar-refractivity contribution is 5.72. The Morgan fingerprint density at radius 1 is 1.35 bits per heavy atom. The van der Waals surface area contributed by atoms with Crippen molar-refractivity contribution in [2.24, 2.45) is 0 Å². The molecule has 0 unspecified atom stereocenters. The maximum Gasteiger partial charge on any atom is 0.128 e. The zero-order valence-electron chi connectivity index (χ0n) is 9.14. The maximum atomic E-state index is 13.2. The largest absolute Gasteiger partial charge is 0.496 e. The van der Waals surface area contributed by atoms with E-state index < -0.39 is 5.82 Å². The quantitative estimate of drug-likeness (QED) is 0.793. The van der Waals surface area contributed by atoms with Crippen LogP contribution in [0.3, 0.4) is 0 Å². The number of rotatable bonds is 2. The predicted molar refractivity (Wildman–Crippen MR) is 60.9 cm³/mol. The van der Waals surface area contributed by atoms with Crippen molar-refractivity contribution in [1.29, 1.82) is 5.26 Å². The highest BCUT2D eigenvalue weighted by Gasteiger charge is 2.12. The van der Waals surface area contributed by atoms with E-state index in [1.165, 1.54) is 25.3 Å². The SMILES string of the molecule is COc1ccc(F)cc1-c1ncccc1C#N. The second kappa shape index (κ2) is 4.62. The first-order chi connectivity index (χ1) is 8.26. The molecule has 1 aromatic heterocycles. The Kier molecular flexibility index (Phi) is 3.01. The summed E-state index contributed by atoms with van der Waals surface area (Å²) < 4.78 is 18.4. The minimum Gasteiger partial charge on any atom is -0.496 e. The molecule has 4 heteroatoms. The van der Waals surface area contributed by atoms with Gasteiger partial charge in [-0.2, -0.15) is 5.26 Å². The summed E-state index contributed by atoms with van der Waals surface area (Å²) in [6.45, 7) is 0. The molecule has 1 aromatic carbocycles. The molecule has 0 amide bonds. The summed E-state index contributed by atoms with van der Waals surface area (Å²) in [7, 11) is 1.49. The summed E-state index contributed by atoms with van der Waals surface area (Å²) >= 11 is 0. The predicted octanol–water partition coefficient (Wildman–Crippen LogP) is 2.77. The van der Waals surface area contributed by atoms with Crippen LogP contribution in [0.1, 0.15) is 5.56 Å². The molecule has 0 saturated carbocycles. The molecule has 0 bridgehead atoms. The van der Waals surface area contributed by atoms with Gasteiger partial charge >= 0.3 is 0 Å². The maximum absolute atomic E-state index is 13.2. The molecule has 0 saturated heterocycles. The molecule has 0 spiro atoms. The van der Waals surface area contributed by atoms with Crippen LogP contribution in [0.15, 0.2) is 36.5 Å². The fourth-order valence-electron chi connectivity index (χ4n) is 1.58. The van der Waals surface area contributed by atoms with Crippen molar-refractivity contribution in [3.05, 3.63) is 47.9 Å². The Morgan fingerprint density at radius 3 is 2.88 bits per heavy atom. The van der Waals surface area contributed by atoms with Crippen molar-refractivity contribution in [2.45, 2.75) is 0 Å². The lowest BCUT2D eigenvalue weighted by Gasteiger charge is -2.08. The number of pyridine rings is 1. The number of hydrogen-bond donors (Lipinski definition) is 0. The smallest absolute Gasteiger partial charge is 0.128 e. The van der Waals surface area contributed by atoms with E-state index in [0.717, 1.165) is 0 Å². The van der Waals surface area contributed by atoms with Crippen molar-refractivity contribution in [3.8, 4) is 23.1 Å². The van der Waals surface area contributed by atoms with Crippen LogP contribution >= 0.6 is 0 Å². The zero-order valence-corrected chi connectivity index (χ0v) is 9.14. The third-order valence-corrected chi connectivity index (χ3v) is 2.34. The van der Waals surface area contributed by atoms with Crippen molar-refractivity contribution < 1.29 is 9.13 Å². The molecule has 0 atom stereocenters. The van der Waals surface area contributed by atoms with Crippen LogP contribution < -0.4 is 4.74 Å². The average molecular weight is 228 g/mol. The topological polar surface area (TPSA) is 45.9 Å². The summed E-state index contributed by atoms with van der Waals surface area (Å²) in [5, 5.41) is 8.99. The molecule has 2 rings (SSSR count). The zero-order chi connectivity index (χ0) is 12.3. The molecule has 0 aliphatic heterocycles. The molecule has 0 aliphatic carbocycles. The Labute approximate surface area is 98.1 Å². The van der Waals surface area contributed by atoms with Crippen LogP contribution in [-0.4, -0.2) is 12.1 Å². The molecule has 0 fully saturated rings. The summed E-state index contributed by atoms with van der Waals surface area (Å²) in [5.41, 5.74) is 1.28. The van der Waals surface area contributed by atoms with Gasteiger partial charge in [0, 0.05) is 11.8 Å². The molecule has 17 heavy (non-hydrogen) atoms. The Bertz CT molecular complexity index is 590. The lowest BCUT2D eigenvalue weighted by molar-refractivity contribution is 0.415. The van der Waals surface area contributed by atoms with Gasteiger partial charge in [-0.1, -0.05) is 0 Å². The van der Waals surface area contributed by atoms with Crippen molar-refractivity contribution in [2.75, 3.05) is 7.11 Å². The fraction of sp³-hybridized carbons (Fsp3) is 0.0769. The first-order valence-corrected chi connectivity index (χ1v) is 4.95. The number of nitrogens with zero attached hydrogens (tertiary/aromatic N) is 2. The molecule has 3 nitrogen and oxygen atoms in total. The molecule has 0 aliphatic rings. The van der Waals surface area contributed by atoms with Crippen LogP contribution in [0.5, 0.6) is 5.75 Å². The summed E-state index contributed by atoms with van der Waals surface area (Å²) in [6, 6.07) is 9.44. The highest BCUT2D eigenvalue weighted by Crippen LogP contribution is 2.30. The van der Waals surface area contributed by atoms with Crippen molar-refractivity contribution in [3.63, 3.8) is 0 Å². The Hall–Kier alpha value is -2.41. The fourth-order valence-corrected chi connectivity index (χ4v) is 1.58. The van der Waals surface area contributed by atoms with Crippen LogP contribution in [0, 0.1) is 17.1 Å². The van der Waals surface area contributed by atoms with Crippen LogP contribution in [0.4, 0.5) is 4.39 Å². The molecule has 1 heterocycles. The van der Waals surface area contributed by atoms with E-state index in [0.29, 0.717) is 22.6 Å². The van der Waals surface area contributed by atoms with E-state index in [9.17, 15) is 4.39 Å². The lowest BCUT2D eigenvalue weighted by Crippen LogP contribution is -1.93. The molecular weight excluding hydrogens is 219 g/mol. The number of nitriles is 1. The minimum absolute atomic E-state index is 0.386. The van der Waals surface area contributed by atoms with Gasteiger partial charge < -0.3 is 4.74 Å². The van der Waals surface area contributed by atoms with Crippen LogP contribution in [-0.2, 0) is 0 Å². The Morgan fingerprint density at radius 2 is 2.18 bits per heavy atom. The molecule has 0 N–H and O–H groups in total. The average Bonchev–Trinajstić information content (AvgIpc) is 2.38. The number of hydrogen-bond acceptors (Lipinski definition) is 3. The number of methoxy groups -OCH3 is 1. The first kappa shape index (κ1) is 11.1. The minimum atomic E-state index is -0.393. The van der Waals surface area contributed by atoms with E-state index in [1.54, 1.807) is 18.3 Å². The third kappa shape index (κ3) is 2.08. The van der Waals surface area contributed by atoms with E-state index in [1.807, 2.05) is 6.07 Å². The number of halogens is 1. The lowest BCUT2D eigenvalue weighted by atomic mass is 10.1.